The smallest absolute Gasteiger partial charge is 0.343 e. The third-order valence-electron chi connectivity index (χ3n) is 3.81. The Balaban J connectivity index is 1.56. The third kappa shape index (κ3) is 5.51. The van der Waals surface area contributed by atoms with Gasteiger partial charge < -0.3 is 4.74 Å². The molecule has 0 bridgehead atoms. The monoisotopic (exact) mass is 403 g/mol. The van der Waals surface area contributed by atoms with Crippen molar-refractivity contribution < 1.29 is 14.3 Å². The highest BCUT2D eigenvalue weighted by atomic mass is 35.5. The fraction of sp³-hybridized carbons (Fsp3) is 0. The number of carbonyl (C=O) groups is 2. The second kappa shape index (κ2) is 9.31. The van der Waals surface area contributed by atoms with Crippen LogP contribution in [0.1, 0.15) is 31.8 Å². The summed E-state index contributed by atoms with van der Waals surface area (Å²) in [4.78, 5) is 24.1. The van der Waals surface area contributed by atoms with Crippen LogP contribution in [0.3, 0.4) is 0 Å². The van der Waals surface area contributed by atoms with Gasteiger partial charge in [-0.3, -0.25) is 4.79 Å². The molecule has 142 valence electrons. The molecule has 0 aliphatic heterocycles. The molecular weight excluding hydrogens is 390 g/mol. The summed E-state index contributed by atoms with van der Waals surface area (Å²) in [6.45, 7) is 0. The maximum atomic E-state index is 12.1. The van der Waals surface area contributed by atoms with E-state index in [1.54, 1.807) is 66.7 Å². The minimum Gasteiger partial charge on any atom is -0.423 e. The van der Waals surface area contributed by atoms with Crippen LogP contribution in [0, 0.1) is 11.3 Å². The maximum absolute atomic E-state index is 12.1. The van der Waals surface area contributed by atoms with Crippen molar-refractivity contribution in [3.8, 4) is 11.8 Å². The lowest BCUT2D eigenvalue weighted by Gasteiger charge is -2.05. The van der Waals surface area contributed by atoms with E-state index in [1.165, 1.54) is 12.3 Å². The zero-order chi connectivity index (χ0) is 20.6. The Labute approximate surface area is 172 Å². The highest BCUT2D eigenvalue weighted by Gasteiger charge is 2.09. The number of benzene rings is 3. The largest absolute Gasteiger partial charge is 0.423 e. The van der Waals surface area contributed by atoms with Crippen molar-refractivity contribution in [2.24, 2.45) is 5.10 Å². The highest BCUT2D eigenvalue weighted by molar-refractivity contribution is 6.30. The molecule has 29 heavy (non-hydrogen) atoms. The molecule has 0 fully saturated rings. The third-order valence-corrected chi connectivity index (χ3v) is 4.04. The van der Waals surface area contributed by atoms with Crippen LogP contribution in [0.2, 0.25) is 5.02 Å². The summed E-state index contributed by atoms with van der Waals surface area (Å²) in [5.74, 6) is -0.532. The highest BCUT2D eigenvalue weighted by Crippen LogP contribution is 2.16. The number of nitrogens with zero attached hydrogens (tertiary/aromatic N) is 2. The van der Waals surface area contributed by atoms with Gasteiger partial charge in [0.25, 0.3) is 5.91 Å². The molecule has 0 aliphatic carbocycles. The Kier molecular flexibility index (Phi) is 6.36. The number of carbonyl (C=O) groups excluding carboxylic acids is 2. The summed E-state index contributed by atoms with van der Waals surface area (Å²) in [6, 6.07) is 21.3. The van der Waals surface area contributed by atoms with Gasteiger partial charge in [0.05, 0.1) is 23.4 Å². The van der Waals surface area contributed by atoms with E-state index < -0.39 is 11.9 Å². The molecule has 0 saturated heterocycles. The van der Waals surface area contributed by atoms with Crippen LogP contribution in [0.4, 0.5) is 0 Å². The molecule has 0 saturated carbocycles. The van der Waals surface area contributed by atoms with Crippen LogP contribution in [0.5, 0.6) is 5.75 Å². The molecule has 0 radical (unpaired) electrons. The lowest BCUT2D eigenvalue weighted by Crippen LogP contribution is -2.17. The first kappa shape index (κ1) is 19.8. The fourth-order valence-corrected chi connectivity index (χ4v) is 2.52. The Hall–Kier alpha value is -3.95. The number of hydrogen-bond donors (Lipinski definition) is 1. The van der Waals surface area contributed by atoms with E-state index >= 15 is 0 Å². The number of hydrazone groups is 1. The molecule has 0 aromatic heterocycles. The van der Waals surface area contributed by atoms with Gasteiger partial charge in [-0.25, -0.2) is 10.2 Å². The molecular formula is C22H14ClN3O3. The number of halogens is 1. The van der Waals surface area contributed by atoms with Gasteiger partial charge in [0, 0.05) is 10.6 Å². The van der Waals surface area contributed by atoms with Gasteiger partial charge in [-0.1, -0.05) is 17.7 Å². The van der Waals surface area contributed by atoms with Gasteiger partial charge >= 0.3 is 5.97 Å². The summed E-state index contributed by atoms with van der Waals surface area (Å²) in [7, 11) is 0. The average molecular weight is 404 g/mol. The van der Waals surface area contributed by atoms with Gasteiger partial charge in [-0.05, 0) is 72.3 Å². The first-order valence-corrected chi connectivity index (χ1v) is 8.84. The second-order valence-electron chi connectivity index (χ2n) is 5.86. The number of ether oxygens (including phenoxy) is 1. The zero-order valence-electron chi connectivity index (χ0n) is 15.0. The lowest BCUT2D eigenvalue weighted by molar-refractivity contribution is 0.0734. The summed E-state index contributed by atoms with van der Waals surface area (Å²) in [6.07, 6.45) is 1.46. The fourth-order valence-electron chi connectivity index (χ4n) is 2.33. The molecule has 7 heteroatoms. The van der Waals surface area contributed by atoms with Crippen LogP contribution in [0.25, 0.3) is 0 Å². The van der Waals surface area contributed by atoms with Crippen molar-refractivity contribution in [3.63, 3.8) is 0 Å². The molecule has 0 aliphatic rings. The van der Waals surface area contributed by atoms with Crippen molar-refractivity contribution in [1.29, 1.82) is 5.26 Å². The summed E-state index contributed by atoms with van der Waals surface area (Å²) >= 11 is 5.87. The number of esters is 1. The SMILES string of the molecule is N#Cc1ccc(C(=O)N/N=C\c2ccc(OC(=O)c3cccc(Cl)c3)cc2)cc1. The van der Waals surface area contributed by atoms with Gasteiger partial charge in [-0.15, -0.1) is 0 Å². The van der Waals surface area contributed by atoms with Gasteiger partial charge in [0.2, 0.25) is 0 Å². The molecule has 0 unspecified atom stereocenters. The van der Waals surface area contributed by atoms with Gasteiger partial charge in [0.1, 0.15) is 5.75 Å². The summed E-state index contributed by atoms with van der Waals surface area (Å²) in [5, 5.41) is 13.1. The number of amides is 1. The first-order valence-electron chi connectivity index (χ1n) is 8.46. The molecule has 0 heterocycles. The quantitative estimate of drug-likeness (QED) is 0.299. The van der Waals surface area contributed by atoms with Crippen LogP contribution in [-0.4, -0.2) is 18.1 Å². The Morgan fingerprint density at radius 2 is 1.72 bits per heavy atom. The van der Waals surface area contributed by atoms with E-state index in [1.807, 2.05) is 6.07 Å². The van der Waals surface area contributed by atoms with E-state index in [2.05, 4.69) is 10.5 Å². The van der Waals surface area contributed by atoms with E-state index in [9.17, 15) is 9.59 Å². The Morgan fingerprint density at radius 3 is 2.38 bits per heavy atom. The number of nitriles is 1. The standard InChI is InChI=1S/C22H14ClN3O3/c23-19-3-1-2-18(12-19)22(28)29-20-10-6-16(7-11-20)14-25-26-21(27)17-8-4-15(13-24)5-9-17/h1-12,14H,(H,26,27)/b25-14-. The van der Waals surface area contributed by atoms with Crippen molar-refractivity contribution in [1.82, 2.24) is 5.43 Å². The molecule has 3 aromatic rings. The number of rotatable bonds is 5. The number of hydrogen-bond acceptors (Lipinski definition) is 5. The van der Waals surface area contributed by atoms with Crippen LogP contribution in [0.15, 0.2) is 77.9 Å². The van der Waals surface area contributed by atoms with E-state index in [4.69, 9.17) is 21.6 Å². The zero-order valence-corrected chi connectivity index (χ0v) is 15.8. The van der Waals surface area contributed by atoms with Gasteiger partial charge in [0.15, 0.2) is 0 Å². The Morgan fingerprint density at radius 1 is 1.00 bits per heavy atom. The number of nitrogens with one attached hydrogen (secondary N) is 1. The lowest BCUT2D eigenvalue weighted by atomic mass is 10.1. The van der Waals surface area contributed by atoms with Crippen LogP contribution in [-0.2, 0) is 0 Å². The minimum atomic E-state index is -0.511. The predicted molar refractivity (Wildman–Crippen MR) is 109 cm³/mol. The summed E-state index contributed by atoms with van der Waals surface area (Å²) < 4.78 is 5.30. The maximum Gasteiger partial charge on any atom is 0.343 e. The minimum absolute atomic E-state index is 0.355. The molecule has 6 nitrogen and oxygen atoms in total. The summed E-state index contributed by atoms with van der Waals surface area (Å²) in [5.41, 5.74) is 4.33. The molecule has 3 rings (SSSR count). The van der Waals surface area contributed by atoms with Crippen molar-refractivity contribution in [2.45, 2.75) is 0 Å². The average Bonchev–Trinajstić information content (AvgIpc) is 2.75. The van der Waals surface area contributed by atoms with Crippen molar-refractivity contribution in [2.75, 3.05) is 0 Å². The second-order valence-corrected chi connectivity index (χ2v) is 6.29. The molecule has 0 spiro atoms. The van der Waals surface area contributed by atoms with Crippen LogP contribution < -0.4 is 10.2 Å². The normalized spacial score (nSPS) is 10.3. The van der Waals surface area contributed by atoms with Crippen molar-refractivity contribution >= 4 is 29.7 Å². The van der Waals surface area contributed by atoms with E-state index in [0.717, 1.165) is 0 Å². The predicted octanol–water partition coefficient (Wildman–Crippen LogP) is 4.19. The van der Waals surface area contributed by atoms with E-state index in [0.29, 0.717) is 33.0 Å². The molecule has 1 amide bonds. The topological polar surface area (TPSA) is 91.6 Å². The first-order chi connectivity index (χ1) is 14.0. The van der Waals surface area contributed by atoms with E-state index in [-0.39, 0.29) is 0 Å². The molecule has 1 N–H and O–H groups in total. The molecule has 0 atom stereocenters. The van der Waals surface area contributed by atoms with Crippen molar-refractivity contribution in [3.05, 3.63) is 100 Å². The molecule has 3 aromatic carbocycles. The van der Waals surface area contributed by atoms with Gasteiger partial charge in [-0.2, -0.15) is 10.4 Å². The Bertz CT molecular complexity index is 1100. The van der Waals surface area contributed by atoms with Crippen LogP contribution >= 0.6 is 11.6 Å².